The highest BCUT2D eigenvalue weighted by Crippen LogP contribution is 2.57. The molecule has 1 atom stereocenters. The molecule has 0 aliphatic heterocycles. The van der Waals surface area contributed by atoms with Crippen LogP contribution in [0.2, 0.25) is 0 Å². The van der Waals surface area contributed by atoms with Gasteiger partial charge in [-0.2, -0.15) is 0 Å². The van der Waals surface area contributed by atoms with Crippen LogP contribution in [0.4, 0.5) is 0 Å². The van der Waals surface area contributed by atoms with Crippen LogP contribution in [-0.4, -0.2) is 29.0 Å². The van der Waals surface area contributed by atoms with Crippen LogP contribution in [-0.2, 0) is 13.6 Å². The van der Waals surface area contributed by atoms with Crippen LogP contribution in [0, 0.1) is 0 Å². The van der Waals surface area contributed by atoms with Gasteiger partial charge in [-0.25, -0.2) is 9.24 Å². The Morgan fingerprint density at radius 3 is 1.67 bits per heavy atom. The molecule has 0 fully saturated rings. The molecule has 0 saturated carbocycles. The average molecular weight is 279 g/mol. The largest absolute Gasteiger partial charge is 0.409 e. The van der Waals surface area contributed by atoms with Gasteiger partial charge in [-0.1, -0.05) is 20.8 Å². The van der Waals surface area contributed by atoms with E-state index in [0.29, 0.717) is 13.1 Å². The fraction of sp³-hybridized carbons (Fsp3) is 1.00. The van der Waals surface area contributed by atoms with Crippen LogP contribution >= 0.6 is 7.75 Å². The molecule has 0 amide bonds. The normalized spacial score (nSPS) is 16.9. The van der Waals surface area contributed by atoms with Crippen LogP contribution in [0.15, 0.2) is 0 Å². The van der Waals surface area contributed by atoms with Gasteiger partial charge >= 0.3 is 7.75 Å². The Morgan fingerprint density at radius 1 is 0.944 bits per heavy atom. The lowest BCUT2D eigenvalue weighted by atomic mass is 10.1. The van der Waals surface area contributed by atoms with Gasteiger partial charge in [0.15, 0.2) is 0 Å². The molecule has 0 saturated heterocycles. The van der Waals surface area contributed by atoms with E-state index >= 15 is 0 Å². The molecule has 0 aliphatic rings. The van der Waals surface area contributed by atoms with E-state index in [0.717, 1.165) is 6.42 Å². The highest BCUT2D eigenvalue weighted by molar-refractivity contribution is 7.51. The molecule has 0 N–H and O–H groups in total. The number of hydrogen-bond acceptors (Lipinski definition) is 3. The molecular weight excluding hydrogens is 249 g/mol. The summed E-state index contributed by atoms with van der Waals surface area (Å²) in [5, 5.41) is 0. The van der Waals surface area contributed by atoms with Crippen molar-refractivity contribution in [1.29, 1.82) is 0 Å². The van der Waals surface area contributed by atoms with Crippen molar-refractivity contribution in [3.63, 3.8) is 0 Å². The van der Waals surface area contributed by atoms with Gasteiger partial charge in [0.05, 0.1) is 11.2 Å². The van der Waals surface area contributed by atoms with Crippen LogP contribution in [0.1, 0.15) is 61.8 Å². The van der Waals surface area contributed by atoms with Crippen LogP contribution in [0.25, 0.3) is 0 Å². The minimum absolute atomic E-state index is 0.455. The Morgan fingerprint density at radius 2 is 1.39 bits per heavy atom. The van der Waals surface area contributed by atoms with Crippen molar-refractivity contribution in [2.45, 2.75) is 73.0 Å². The third-order valence-electron chi connectivity index (χ3n) is 2.68. The van der Waals surface area contributed by atoms with Gasteiger partial charge in [0.1, 0.15) is 0 Å². The lowest BCUT2D eigenvalue weighted by Crippen LogP contribution is -2.33. The molecule has 0 aromatic rings. The van der Waals surface area contributed by atoms with Gasteiger partial charge in [0, 0.05) is 13.1 Å². The smallest absolute Gasteiger partial charge is 0.291 e. The SMILES string of the molecule is CCN(CC)P(=O)(OC(C)(C)C)OC(C)(C)CC. The van der Waals surface area contributed by atoms with Crippen LogP contribution < -0.4 is 0 Å². The summed E-state index contributed by atoms with van der Waals surface area (Å²) in [7, 11) is -3.26. The van der Waals surface area contributed by atoms with Crippen molar-refractivity contribution in [2.75, 3.05) is 13.1 Å². The lowest BCUT2D eigenvalue weighted by Gasteiger charge is -2.38. The zero-order valence-corrected chi connectivity index (χ0v) is 14.1. The standard InChI is InChI=1S/C13H30NO3P/c1-9-13(7,8)17-18(15,14(10-2)11-3)16-12(4,5)6/h9-11H2,1-8H3. The molecule has 0 rings (SSSR count). The zero-order valence-electron chi connectivity index (χ0n) is 13.2. The highest BCUT2D eigenvalue weighted by Gasteiger charge is 2.40. The van der Waals surface area contributed by atoms with E-state index in [9.17, 15) is 4.57 Å². The summed E-state index contributed by atoms with van der Waals surface area (Å²) in [5.74, 6) is 0. The predicted octanol–water partition coefficient (Wildman–Crippen LogP) is 4.46. The molecule has 4 nitrogen and oxygen atoms in total. The fourth-order valence-corrected chi connectivity index (χ4v) is 3.83. The monoisotopic (exact) mass is 279 g/mol. The highest BCUT2D eigenvalue weighted by atomic mass is 31.2. The van der Waals surface area contributed by atoms with Gasteiger partial charge in [-0.3, -0.25) is 9.05 Å². The molecule has 18 heavy (non-hydrogen) atoms. The van der Waals surface area contributed by atoms with Gasteiger partial charge in [0.25, 0.3) is 0 Å². The average Bonchev–Trinajstić information content (AvgIpc) is 2.15. The van der Waals surface area contributed by atoms with E-state index in [1.165, 1.54) is 0 Å². The maximum absolute atomic E-state index is 13.0. The quantitative estimate of drug-likeness (QED) is 0.645. The molecule has 1 unspecified atom stereocenters. The van der Waals surface area contributed by atoms with E-state index in [2.05, 4.69) is 0 Å². The van der Waals surface area contributed by atoms with Crippen molar-refractivity contribution < 1.29 is 13.6 Å². The summed E-state index contributed by atoms with van der Waals surface area (Å²) < 4.78 is 26.4. The molecule has 5 heteroatoms. The summed E-state index contributed by atoms with van der Waals surface area (Å²) >= 11 is 0. The first kappa shape index (κ1) is 18.1. The van der Waals surface area contributed by atoms with Gasteiger partial charge < -0.3 is 0 Å². The summed E-state index contributed by atoms with van der Waals surface area (Å²) in [4.78, 5) is 0. The van der Waals surface area contributed by atoms with Gasteiger partial charge in [-0.05, 0) is 41.0 Å². The number of rotatable bonds is 7. The van der Waals surface area contributed by atoms with E-state index in [-0.39, 0.29) is 0 Å². The van der Waals surface area contributed by atoms with Crippen molar-refractivity contribution in [3.05, 3.63) is 0 Å². The third-order valence-corrected chi connectivity index (χ3v) is 5.44. The minimum atomic E-state index is -3.26. The third kappa shape index (κ3) is 5.83. The maximum Gasteiger partial charge on any atom is 0.409 e. The van der Waals surface area contributed by atoms with Crippen LogP contribution in [0.5, 0.6) is 0 Å². The molecule has 0 aromatic carbocycles. The second-order valence-electron chi connectivity index (χ2n) is 6.02. The zero-order chi connectivity index (χ0) is 14.6. The molecule has 0 aliphatic carbocycles. The fourth-order valence-electron chi connectivity index (χ4n) is 1.43. The molecular formula is C13H30NO3P. The van der Waals surface area contributed by atoms with Gasteiger partial charge in [-0.15, -0.1) is 0 Å². The second-order valence-corrected chi connectivity index (χ2v) is 7.88. The molecule has 0 radical (unpaired) electrons. The summed E-state index contributed by atoms with van der Waals surface area (Å²) in [5.41, 5.74) is -0.953. The van der Waals surface area contributed by atoms with Crippen molar-refractivity contribution in [3.8, 4) is 0 Å². The lowest BCUT2D eigenvalue weighted by molar-refractivity contribution is 0.0169. The van der Waals surface area contributed by atoms with E-state index in [4.69, 9.17) is 9.05 Å². The Balaban J connectivity index is 5.22. The first-order valence-corrected chi connectivity index (χ1v) is 8.26. The second kappa shape index (κ2) is 6.51. The topological polar surface area (TPSA) is 38.8 Å². The van der Waals surface area contributed by atoms with E-state index in [1.807, 2.05) is 55.4 Å². The predicted molar refractivity (Wildman–Crippen MR) is 76.8 cm³/mol. The van der Waals surface area contributed by atoms with Crippen molar-refractivity contribution in [2.24, 2.45) is 0 Å². The molecule has 0 bridgehead atoms. The molecule has 110 valence electrons. The Kier molecular flexibility index (Phi) is 6.55. The minimum Gasteiger partial charge on any atom is -0.291 e. The number of nitrogens with zero attached hydrogens (tertiary/aromatic N) is 1. The molecule has 0 aromatic heterocycles. The summed E-state index contributed by atoms with van der Waals surface area (Å²) in [6.07, 6.45) is 0.783. The van der Waals surface area contributed by atoms with E-state index < -0.39 is 18.9 Å². The Bertz CT molecular complexity index is 293. The first-order chi connectivity index (χ1) is 7.99. The van der Waals surface area contributed by atoms with Gasteiger partial charge in [0.2, 0.25) is 0 Å². The van der Waals surface area contributed by atoms with Crippen molar-refractivity contribution in [1.82, 2.24) is 4.67 Å². The first-order valence-electron chi connectivity index (χ1n) is 6.76. The Hall–Kier alpha value is 0.110. The molecule has 0 heterocycles. The summed E-state index contributed by atoms with van der Waals surface area (Å²) in [6.45, 7) is 16.8. The summed E-state index contributed by atoms with van der Waals surface area (Å²) in [6, 6.07) is 0. The Labute approximate surface area is 113 Å². The van der Waals surface area contributed by atoms with E-state index in [1.54, 1.807) is 4.67 Å². The number of hydrogen-bond donors (Lipinski definition) is 0. The maximum atomic E-state index is 13.0. The molecule has 0 spiro atoms. The van der Waals surface area contributed by atoms with Crippen molar-refractivity contribution >= 4 is 7.75 Å². The van der Waals surface area contributed by atoms with Crippen LogP contribution in [0.3, 0.4) is 0 Å².